The number of rotatable bonds is 1. The second-order valence-electron chi connectivity index (χ2n) is 4.08. The normalized spacial score (nSPS) is 11.3. The Morgan fingerprint density at radius 3 is 2.89 bits per heavy atom. The molecule has 0 spiro atoms. The van der Waals surface area contributed by atoms with Crippen molar-refractivity contribution >= 4 is 22.1 Å². The molecule has 5 heteroatoms. The first kappa shape index (κ1) is 9.35. The van der Waals surface area contributed by atoms with Crippen LogP contribution in [0.1, 0.15) is 0 Å². The second-order valence-corrected chi connectivity index (χ2v) is 4.08. The summed E-state index contributed by atoms with van der Waals surface area (Å²) in [7, 11) is 0. The van der Waals surface area contributed by atoms with E-state index < -0.39 is 0 Å². The molecule has 0 radical (unpaired) electrons. The number of hydrogen-bond donors (Lipinski definition) is 2. The average Bonchev–Trinajstić information content (AvgIpc) is 3.02. The van der Waals surface area contributed by atoms with Gasteiger partial charge in [0.15, 0.2) is 11.5 Å². The first-order chi connectivity index (χ1) is 8.92. The first-order valence-electron chi connectivity index (χ1n) is 5.66. The van der Waals surface area contributed by atoms with E-state index in [4.69, 9.17) is 0 Å². The minimum absolute atomic E-state index is 0.702. The predicted octanol–water partition coefficient (Wildman–Crippen LogP) is 2.50. The number of aromatic amines is 2. The molecule has 18 heavy (non-hydrogen) atoms. The molecule has 5 nitrogen and oxygen atoms in total. The number of fused-ring (bicyclic) bond motifs is 2. The quantitative estimate of drug-likeness (QED) is 0.532. The minimum Gasteiger partial charge on any atom is -0.337 e. The van der Waals surface area contributed by atoms with Crippen molar-refractivity contribution in [3.63, 3.8) is 0 Å². The summed E-state index contributed by atoms with van der Waals surface area (Å²) >= 11 is 0. The second kappa shape index (κ2) is 3.40. The van der Waals surface area contributed by atoms with E-state index in [-0.39, 0.29) is 0 Å². The molecular weight excluding hydrogens is 226 g/mol. The smallest absolute Gasteiger partial charge is 0.181 e. The van der Waals surface area contributed by atoms with Crippen molar-refractivity contribution in [2.24, 2.45) is 0 Å². The van der Waals surface area contributed by atoms with Crippen LogP contribution >= 0.6 is 0 Å². The van der Waals surface area contributed by atoms with Gasteiger partial charge in [-0.15, -0.1) is 0 Å². The Morgan fingerprint density at radius 1 is 1.00 bits per heavy atom. The van der Waals surface area contributed by atoms with E-state index in [1.807, 2.05) is 36.4 Å². The number of H-pyrrole nitrogens is 2. The lowest BCUT2D eigenvalue weighted by molar-refractivity contribution is 1.09. The van der Waals surface area contributed by atoms with Gasteiger partial charge in [0.25, 0.3) is 0 Å². The fraction of sp³-hybridized carbons (Fsp3) is 0. The Bertz CT molecular complexity index is 809. The zero-order chi connectivity index (χ0) is 11.9. The molecule has 0 aliphatic heterocycles. The van der Waals surface area contributed by atoms with E-state index in [0.717, 1.165) is 27.9 Å². The highest BCUT2D eigenvalue weighted by atomic mass is 15.2. The maximum Gasteiger partial charge on any atom is 0.181 e. The topological polar surface area (TPSA) is 70.2 Å². The highest BCUT2D eigenvalue weighted by Gasteiger charge is 2.11. The van der Waals surface area contributed by atoms with Gasteiger partial charge in [0.1, 0.15) is 5.69 Å². The van der Waals surface area contributed by atoms with Gasteiger partial charge in [0.05, 0.1) is 11.0 Å². The fourth-order valence-corrected chi connectivity index (χ4v) is 2.10. The largest absolute Gasteiger partial charge is 0.337 e. The molecule has 0 saturated carbocycles. The average molecular weight is 235 g/mol. The van der Waals surface area contributed by atoms with Gasteiger partial charge in [0, 0.05) is 11.6 Å². The molecule has 0 fully saturated rings. The summed E-state index contributed by atoms with van der Waals surface area (Å²) < 4.78 is 0. The third-order valence-corrected chi connectivity index (χ3v) is 2.96. The Morgan fingerprint density at radius 2 is 1.94 bits per heavy atom. The molecule has 86 valence electrons. The van der Waals surface area contributed by atoms with Crippen LogP contribution in [0.5, 0.6) is 0 Å². The number of nitrogens with one attached hydrogen (secondary N) is 2. The van der Waals surface area contributed by atoms with Crippen molar-refractivity contribution in [3.05, 3.63) is 42.6 Å². The Hall–Kier alpha value is -2.69. The zero-order valence-electron chi connectivity index (χ0n) is 9.38. The lowest BCUT2D eigenvalue weighted by Crippen LogP contribution is -1.81. The van der Waals surface area contributed by atoms with Gasteiger partial charge in [-0.25, -0.2) is 9.97 Å². The number of aromatic nitrogens is 5. The summed E-state index contributed by atoms with van der Waals surface area (Å²) in [6, 6.07) is 11.8. The molecule has 0 aliphatic rings. The minimum atomic E-state index is 0.702. The number of pyridine rings is 1. The molecule has 3 heterocycles. The van der Waals surface area contributed by atoms with Crippen molar-refractivity contribution in [1.29, 1.82) is 0 Å². The zero-order valence-corrected chi connectivity index (χ0v) is 9.38. The number of hydrogen-bond acceptors (Lipinski definition) is 3. The molecule has 0 bridgehead atoms. The van der Waals surface area contributed by atoms with Gasteiger partial charge in [-0.3, -0.25) is 5.10 Å². The number of benzene rings is 1. The first-order valence-corrected chi connectivity index (χ1v) is 5.66. The molecule has 0 unspecified atom stereocenters. The summed E-state index contributed by atoms with van der Waals surface area (Å²) in [5.41, 5.74) is 3.53. The molecule has 0 aliphatic carbocycles. The van der Waals surface area contributed by atoms with Crippen LogP contribution in [0.15, 0.2) is 42.6 Å². The maximum absolute atomic E-state index is 4.55. The molecule has 0 saturated heterocycles. The molecule has 0 atom stereocenters. The molecule has 0 amide bonds. The lowest BCUT2D eigenvalue weighted by Gasteiger charge is -1.91. The summed E-state index contributed by atoms with van der Waals surface area (Å²) in [5, 5.41) is 8.12. The van der Waals surface area contributed by atoms with Crippen LogP contribution in [-0.4, -0.2) is 25.1 Å². The van der Waals surface area contributed by atoms with E-state index in [1.54, 1.807) is 6.20 Å². The van der Waals surface area contributed by atoms with Crippen molar-refractivity contribution in [2.75, 3.05) is 0 Å². The molecule has 3 aromatic heterocycles. The van der Waals surface area contributed by atoms with Gasteiger partial charge in [-0.2, -0.15) is 5.10 Å². The number of nitrogens with zero attached hydrogens (tertiary/aromatic N) is 3. The van der Waals surface area contributed by atoms with Gasteiger partial charge >= 0.3 is 0 Å². The predicted molar refractivity (Wildman–Crippen MR) is 69.0 cm³/mol. The highest BCUT2D eigenvalue weighted by molar-refractivity contribution is 5.90. The van der Waals surface area contributed by atoms with E-state index in [0.29, 0.717) is 5.65 Å². The summed E-state index contributed by atoms with van der Waals surface area (Å²) in [6.07, 6.45) is 1.73. The van der Waals surface area contributed by atoms with Crippen LogP contribution in [0, 0.1) is 0 Å². The van der Waals surface area contributed by atoms with Crippen LogP contribution < -0.4 is 0 Å². The molecule has 4 aromatic rings. The fourth-order valence-electron chi connectivity index (χ4n) is 2.10. The third-order valence-electron chi connectivity index (χ3n) is 2.96. The summed E-state index contributed by atoms with van der Waals surface area (Å²) in [5.74, 6) is 0.784. The van der Waals surface area contributed by atoms with Crippen LogP contribution in [0.3, 0.4) is 0 Å². The Balaban J connectivity index is 2.01. The Labute approximate surface area is 102 Å². The third kappa shape index (κ3) is 1.24. The van der Waals surface area contributed by atoms with E-state index >= 15 is 0 Å². The number of para-hydroxylation sites is 2. The standard InChI is InChI=1S/C13H9N5/c1-2-6-10-9(5-1)15-13(16-10)11-8-4-3-7-14-12(8)18-17-11/h1-7H,(H,15,16)(H,14,17,18). The Kier molecular flexibility index (Phi) is 1.77. The van der Waals surface area contributed by atoms with Crippen molar-refractivity contribution < 1.29 is 0 Å². The van der Waals surface area contributed by atoms with Crippen LogP contribution in [0.4, 0.5) is 0 Å². The maximum atomic E-state index is 4.55. The van der Waals surface area contributed by atoms with Gasteiger partial charge in [0.2, 0.25) is 0 Å². The number of imidazole rings is 1. The van der Waals surface area contributed by atoms with Gasteiger partial charge in [-0.05, 0) is 24.3 Å². The van der Waals surface area contributed by atoms with Gasteiger partial charge in [-0.1, -0.05) is 12.1 Å². The molecule has 1 aromatic carbocycles. The summed E-state index contributed by atoms with van der Waals surface area (Å²) in [4.78, 5) is 12.0. The lowest BCUT2D eigenvalue weighted by atomic mass is 10.2. The summed E-state index contributed by atoms with van der Waals surface area (Å²) in [6.45, 7) is 0. The van der Waals surface area contributed by atoms with E-state index in [2.05, 4.69) is 25.1 Å². The highest BCUT2D eigenvalue weighted by Crippen LogP contribution is 2.24. The van der Waals surface area contributed by atoms with Crippen LogP contribution in [0.25, 0.3) is 33.6 Å². The van der Waals surface area contributed by atoms with Crippen LogP contribution in [0.2, 0.25) is 0 Å². The van der Waals surface area contributed by atoms with Crippen molar-refractivity contribution in [2.45, 2.75) is 0 Å². The molecule has 4 rings (SSSR count). The molecule has 2 N–H and O–H groups in total. The monoisotopic (exact) mass is 235 g/mol. The van der Waals surface area contributed by atoms with Crippen LogP contribution in [-0.2, 0) is 0 Å². The van der Waals surface area contributed by atoms with Crippen molar-refractivity contribution in [3.8, 4) is 11.5 Å². The van der Waals surface area contributed by atoms with E-state index in [1.165, 1.54) is 0 Å². The van der Waals surface area contributed by atoms with Crippen molar-refractivity contribution in [1.82, 2.24) is 25.1 Å². The SMILES string of the molecule is c1ccc2[nH]c(-c3[nH]nc4ncccc34)nc2c1. The van der Waals surface area contributed by atoms with E-state index in [9.17, 15) is 0 Å². The van der Waals surface area contributed by atoms with Gasteiger partial charge < -0.3 is 4.98 Å². The molecular formula is C13H9N5.